The average Bonchev–Trinajstić information content (AvgIpc) is 3.75. The van der Waals surface area contributed by atoms with Crippen molar-refractivity contribution in [2.24, 2.45) is 10.9 Å². The van der Waals surface area contributed by atoms with Crippen molar-refractivity contribution in [2.75, 3.05) is 39.7 Å². The Morgan fingerprint density at radius 3 is 2.16 bits per heavy atom. The quantitative estimate of drug-likeness (QED) is 0.0583. The summed E-state index contributed by atoms with van der Waals surface area (Å²) in [4.78, 5) is 30.6. The van der Waals surface area contributed by atoms with Crippen molar-refractivity contribution < 1.29 is 51.4 Å². The molecule has 324 valence electrons. The Balaban J connectivity index is 1.21. The lowest BCUT2D eigenvalue weighted by molar-refractivity contribution is -0.267. The molecule has 2 fully saturated rings. The van der Waals surface area contributed by atoms with E-state index in [1.807, 2.05) is 0 Å². The second kappa shape index (κ2) is 26.0. The van der Waals surface area contributed by atoms with Crippen LogP contribution in [0.1, 0.15) is 124 Å². The van der Waals surface area contributed by atoms with Crippen molar-refractivity contribution in [1.29, 1.82) is 0 Å². The predicted octanol–water partition coefficient (Wildman–Crippen LogP) is 8.69. The number of guanidine groups is 1. The number of hydrogen-bond acceptors (Lipinski definition) is 12. The van der Waals surface area contributed by atoms with Crippen molar-refractivity contribution >= 4 is 37.3 Å². The van der Waals surface area contributed by atoms with Crippen LogP contribution in [-0.4, -0.2) is 93.5 Å². The van der Waals surface area contributed by atoms with Crippen molar-refractivity contribution in [3.8, 4) is 5.75 Å². The number of urea groups is 1. The van der Waals surface area contributed by atoms with Crippen LogP contribution < -0.4 is 15.2 Å². The number of amides is 3. The number of fused-ring (bicyclic) bond motifs is 1. The third kappa shape index (κ3) is 16.3. The Labute approximate surface area is 344 Å². The minimum atomic E-state index is -4.27. The second-order valence-electron chi connectivity index (χ2n) is 14.9. The van der Waals surface area contributed by atoms with Gasteiger partial charge in [-0.3, -0.25) is 24.1 Å². The summed E-state index contributed by atoms with van der Waals surface area (Å²) in [6.45, 7) is 7.56. The first-order valence-electron chi connectivity index (χ1n) is 21.1. The summed E-state index contributed by atoms with van der Waals surface area (Å²) < 4.78 is 61.1. The van der Waals surface area contributed by atoms with Crippen molar-refractivity contribution in [3.05, 3.63) is 29.3 Å². The molecule has 3 aliphatic rings. The molecular formula is C40H66ClN4O11P. The van der Waals surface area contributed by atoms with E-state index < -0.39 is 44.9 Å². The minimum absolute atomic E-state index is 0.0360. The van der Waals surface area contributed by atoms with Gasteiger partial charge in [0.2, 0.25) is 11.9 Å². The molecular weight excluding hydrogens is 779 g/mol. The lowest BCUT2D eigenvalue weighted by Gasteiger charge is -2.33. The fourth-order valence-electron chi connectivity index (χ4n) is 6.60. The number of carbonyl (C=O) groups is 2. The van der Waals surface area contributed by atoms with Gasteiger partial charge in [0.05, 0.1) is 24.9 Å². The lowest BCUT2D eigenvalue weighted by Crippen LogP contribution is -2.57. The fraction of sp³-hybridized carbons (Fsp3) is 0.775. The van der Waals surface area contributed by atoms with Gasteiger partial charge in [-0.05, 0) is 31.9 Å². The standard InChI is InChI=1S/C40H66ClN4O11P/c1-5-7-8-9-10-11-12-13-14-15-16-17-18-21-25-49-26-22-27-51-57(48,56-32-24-20-19-23-31(32)41)52-28-33-34-35(55-40(54-34)50-6-2)37(53-33)45-29-42-38(44-39(45)47)43-36(46)30(3)4/h19-20,23-24,30,33-35,37,40H,5-18,21-22,25-29H2,1-4H3,(H2,42,43,44,46,47)/t33-,34+,35?,37-,40?,57?/m1/s1. The first-order valence-corrected chi connectivity index (χ1v) is 22.9. The van der Waals surface area contributed by atoms with Gasteiger partial charge in [0.1, 0.15) is 24.1 Å². The molecule has 0 aliphatic carbocycles. The van der Waals surface area contributed by atoms with Gasteiger partial charge in [-0.1, -0.05) is 128 Å². The van der Waals surface area contributed by atoms with Gasteiger partial charge in [0.15, 0.2) is 6.23 Å². The fourth-order valence-corrected chi connectivity index (χ4v) is 8.09. The van der Waals surface area contributed by atoms with Gasteiger partial charge < -0.3 is 33.5 Å². The zero-order valence-electron chi connectivity index (χ0n) is 34.3. The summed E-state index contributed by atoms with van der Waals surface area (Å²) >= 11 is 6.33. The smallest absolute Gasteiger partial charge is 0.402 e. The summed E-state index contributed by atoms with van der Waals surface area (Å²) in [5.74, 6) is -0.432. The van der Waals surface area contributed by atoms with Crippen LogP contribution in [0.5, 0.6) is 5.75 Å². The number of benzene rings is 1. The molecule has 0 spiro atoms. The normalized spacial score (nSPS) is 23.0. The monoisotopic (exact) mass is 844 g/mol. The van der Waals surface area contributed by atoms with Gasteiger partial charge >= 0.3 is 13.9 Å². The van der Waals surface area contributed by atoms with E-state index in [4.69, 9.17) is 48.9 Å². The van der Waals surface area contributed by atoms with Crippen LogP contribution in [0.25, 0.3) is 0 Å². The number of carbonyl (C=O) groups excluding carboxylic acids is 2. The molecule has 3 amide bonds. The zero-order valence-corrected chi connectivity index (χ0v) is 36.0. The highest BCUT2D eigenvalue weighted by atomic mass is 35.5. The highest BCUT2D eigenvalue weighted by molar-refractivity contribution is 7.48. The van der Waals surface area contributed by atoms with E-state index in [2.05, 4.69) is 22.5 Å². The van der Waals surface area contributed by atoms with E-state index >= 15 is 0 Å². The molecule has 3 aliphatic heterocycles. The number of phosphoric acid groups is 1. The van der Waals surface area contributed by atoms with E-state index in [1.165, 1.54) is 81.9 Å². The molecule has 1 aromatic rings. The summed E-state index contributed by atoms with van der Waals surface area (Å²) in [5.41, 5.74) is 0. The number of halogens is 1. The van der Waals surface area contributed by atoms with Crippen LogP contribution >= 0.6 is 19.4 Å². The Bertz CT molecular complexity index is 1430. The zero-order chi connectivity index (χ0) is 40.9. The van der Waals surface area contributed by atoms with E-state index in [-0.39, 0.29) is 48.4 Å². The number of nitrogens with one attached hydrogen (secondary N) is 2. The summed E-state index contributed by atoms with van der Waals surface area (Å²) in [6, 6.07) is 5.91. The van der Waals surface area contributed by atoms with Crippen LogP contribution in [0.3, 0.4) is 0 Å². The Kier molecular flexibility index (Phi) is 21.6. The van der Waals surface area contributed by atoms with Crippen LogP contribution in [0, 0.1) is 5.92 Å². The number of para-hydroxylation sites is 1. The highest BCUT2D eigenvalue weighted by Gasteiger charge is 2.56. The molecule has 57 heavy (non-hydrogen) atoms. The Morgan fingerprint density at radius 2 is 1.53 bits per heavy atom. The van der Waals surface area contributed by atoms with Gasteiger partial charge in [0, 0.05) is 25.7 Å². The van der Waals surface area contributed by atoms with Crippen LogP contribution in [0.4, 0.5) is 4.79 Å². The first-order chi connectivity index (χ1) is 27.6. The molecule has 6 atom stereocenters. The predicted molar refractivity (Wildman–Crippen MR) is 217 cm³/mol. The molecule has 17 heteroatoms. The van der Waals surface area contributed by atoms with Gasteiger partial charge in [-0.25, -0.2) is 9.36 Å². The van der Waals surface area contributed by atoms with E-state index in [0.717, 1.165) is 12.8 Å². The summed E-state index contributed by atoms with van der Waals surface area (Å²) in [5, 5.41) is 5.75. The van der Waals surface area contributed by atoms with Crippen LogP contribution in [0.15, 0.2) is 29.3 Å². The maximum absolute atomic E-state index is 14.1. The molecule has 0 aromatic heterocycles. The van der Waals surface area contributed by atoms with E-state index in [9.17, 15) is 14.2 Å². The highest BCUT2D eigenvalue weighted by Crippen LogP contribution is 2.52. The van der Waals surface area contributed by atoms with Crippen molar-refractivity contribution in [3.63, 3.8) is 0 Å². The molecule has 0 saturated carbocycles. The van der Waals surface area contributed by atoms with Gasteiger partial charge in [-0.15, -0.1) is 0 Å². The number of hydrogen-bond donors (Lipinski definition) is 2. The first kappa shape index (κ1) is 47.3. The maximum atomic E-state index is 14.1. The number of rotatable bonds is 29. The maximum Gasteiger partial charge on any atom is 0.530 e. The van der Waals surface area contributed by atoms with Gasteiger partial charge in [-0.2, -0.15) is 4.99 Å². The third-order valence-electron chi connectivity index (χ3n) is 9.84. The molecule has 1 aromatic carbocycles. The lowest BCUT2D eigenvalue weighted by atomic mass is 10.0. The van der Waals surface area contributed by atoms with Crippen LogP contribution in [-0.2, 0) is 42.1 Å². The van der Waals surface area contributed by atoms with Gasteiger partial charge in [0.25, 0.3) is 6.48 Å². The molecule has 2 N–H and O–H groups in total. The number of ether oxygens (including phenoxy) is 5. The second-order valence-corrected chi connectivity index (χ2v) is 16.9. The largest absolute Gasteiger partial charge is 0.530 e. The number of unbranched alkanes of at least 4 members (excludes halogenated alkanes) is 13. The van der Waals surface area contributed by atoms with Crippen LogP contribution in [0.2, 0.25) is 5.02 Å². The van der Waals surface area contributed by atoms with E-state index in [1.54, 1.807) is 45.0 Å². The molecule has 3 heterocycles. The molecule has 15 nitrogen and oxygen atoms in total. The van der Waals surface area contributed by atoms with E-state index in [0.29, 0.717) is 26.2 Å². The average molecular weight is 845 g/mol. The number of phosphoric ester groups is 1. The third-order valence-corrected chi connectivity index (χ3v) is 11.5. The molecule has 0 bridgehead atoms. The molecule has 0 radical (unpaired) electrons. The Hall–Kier alpha value is -2.33. The summed E-state index contributed by atoms with van der Waals surface area (Å²) in [6.07, 6.45) is 15.2. The molecule has 2 saturated heterocycles. The van der Waals surface area contributed by atoms with Crippen molar-refractivity contribution in [2.45, 2.75) is 155 Å². The SMILES string of the molecule is CCCCCCCCCCCCCCCCOCCCOP(=O)(OC[C@H]1O[C@@H](N2CNC(NC(=O)C(C)C)=NC2=O)C2OC(OCC)O[C@H]21)Oc1ccccc1Cl. The Morgan fingerprint density at radius 1 is 0.895 bits per heavy atom. The summed E-state index contributed by atoms with van der Waals surface area (Å²) in [7, 11) is -4.27. The minimum Gasteiger partial charge on any atom is -0.402 e. The topological polar surface area (TPSA) is 165 Å². The number of nitrogens with zero attached hydrogens (tertiary/aromatic N) is 2. The molecule has 4 rings (SSSR count). The van der Waals surface area contributed by atoms with Crippen molar-refractivity contribution in [1.82, 2.24) is 15.5 Å². The number of aliphatic imine (C=N–C) groups is 1. The molecule has 3 unspecified atom stereocenters.